The largest absolute Gasteiger partial charge is 0.454 e. The van der Waals surface area contributed by atoms with E-state index in [4.69, 9.17) is 9.47 Å². The maximum Gasteiger partial charge on any atom is 0.263 e. The molecule has 0 saturated carbocycles. The molecule has 0 atom stereocenters. The number of fused-ring (bicyclic) bond motifs is 2. The van der Waals surface area contributed by atoms with Gasteiger partial charge in [-0.05, 0) is 17.7 Å². The lowest BCUT2D eigenvalue weighted by molar-refractivity contribution is -0.116. The minimum Gasteiger partial charge on any atom is -0.454 e. The quantitative estimate of drug-likeness (QED) is 0.562. The molecule has 1 aliphatic rings. The first-order valence-corrected chi connectivity index (χ1v) is 9.78. The van der Waals surface area contributed by atoms with Crippen molar-refractivity contribution in [2.75, 3.05) is 12.1 Å². The second-order valence-corrected chi connectivity index (χ2v) is 7.35. The second-order valence-electron chi connectivity index (χ2n) is 6.49. The van der Waals surface area contributed by atoms with E-state index in [1.807, 2.05) is 35.7 Å². The van der Waals surface area contributed by atoms with E-state index < -0.39 is 0 Å². The summed E-state index contributed by atoms with van der Waals surface area (Å²) >= 11 is 1.41. The SMILES string of the molecule is O=C(Cn1cnc2scc(-c3ccccc3)c2c1=O)Nc1ccc2c(c1)OCO2. The molecule has 7 nitrogen and oxygen atoms in total. The van der Waals surface area contributed by atoms with Crippen LogP contribution in [0.4, 0.5) is 5.69 Å². The van der Waals surface area contributed by atoms with Crippen LogP contribution < -0.4 is 20.3 Å². The number of nitrogens with zero attached hydrogens (tertiary/aromatic N) is 2. The summed E-state index contributed by atoms with van der Waals surface area (Å²) in [7, 11) is 0. The smallest absolute Gasteiger partial charge is 0.263 e. The summed E-state index contributed by atoms with van der Waals surface area (Å²) in [5, 5.41) is 5.23. The first kappa shape index (κ1) is 17.4. The Balaban J connectivity index is 1.42. The average Bonchev–Trinajstić information content (AvgIpc) is 3.37. The van der Waals surface area contributed by atoms with Crippen LogP contribution in [-0.4, -0.2) is 22.3 Å². The lowest BCUT2D eigenvalue weighted by atomic mass is 10.1. The Morgan fingerprint density at radius 3 is 2.83 bits per heavy atom. The van der Waals surface area contributed by atoms with Gasteiger partial charge in [0.2, 0.25) is 12.7 Å². The Kier molecular flexibility index (Phi) is 4.25. The van der Waals surface area contributed by atoms with Crippen molar-refractivity contribution in [3.63, 3.8) is 0 Å². The van der Waals surface area contributed by atoms with E-state index >= 15 is 0 Å². The number of amides is 1. The molecule has 0 bridgehead atoms. The Labute approximate surface area is 169 Å². The number of carbonyl (C=O) groups excluding carboxylic acids is 1. The van der Waals surface area contributed by atoms with Crippen LogP contribution in [0.5, 0.6) is 11.5 Å². The van der Waals surface area contributed by atoms with E-state index in [1.165, 1.54) is 22.2 Å². The highest BCUT2D eigenvalue weighted by molar-refractivity contribution is 7.17. The first-order chi connectivity index (χ1) is 14.2. The van der Waals surface area contributed by atoms with Gasteiger partial charge in [-0.1, -0.05) is 30.3 Å². The molecule has 4 aromatic rings. The summed E-state index contributed by atoms with van der Waals surface area (Å²) in [5.74, 6) is 0.886. The van der Waals surface area contributed by atoms with Gasteiger partial charge in [-0.3, -0.25) is 14.2 Å². The predicted octanol–water partition coefficient (Wildman–Crippen LogP) is 3.49. The fraction of sp³-hybridized carbons (Fsp3) is 0.0952. The minimum absolute atomic E-state index is 0.139. The number of hydrogen-bond donors (Lipinski definition) is 1. The van der Waals surface area contributed by atoms with Crippen molar-refractivity contribution in [2.45, 2.75) is 6.54 Å². The normalized spacial score (nSPS) is 12.3. The lowest BCUT2D eigenvalue weighted by Gasteiger charge is -2.08. The van der Waals surface area contributed by atoms with E-state index in [0.29, 0.717) is 27.4 Å². The molecule has 2 aromatic carbocycles. The minimum atomic E-state index is -0.330. The Hall–Kier alpha value is -3.65. The van der Waals surface area contributed by atoms with Crippen LogP contribution in [0, 0.1) is 0 Å². The fourth-order valence-corrected chi connectivity index (χ4v) is 4.15. The number of hydrogen-bond acceptors (Lipinski definition) is 6. The maximum absolute atomic E-state index is 13.0. The highest BCUT2D eigenvalue weighted by Gasteiger charge is 2.16. The van der Waals surface area contributed by atoms with Crippen LogP contribution in [0.15, 0.2) is 65.0 Å². The third-order valence-corrected chi connectivity index (χ3v) is 5.50. The molecule has 144 valence electrons. The maximum atomic E-state index is 13.0. The zero-order chi connectivity index (χ0) is 19.8. The molecule has 0 unspecified atom stereocenters. The molecule has 29 heavy (non-hydrogen) atoms. The summed E-state index contributed by atoms with van der Waals surface area (Å²) in [5.41, 5.74) is 2.10. The van der Waals surface area contributed by atoms with Crippen LogP contribution >= 0.6 is 11.3 Å². The van der Waals surface area contributed by atoms with E-state index in [0.717, 1.165) is 11.1 Å². The van der Waals surface area contributed by atoms with Crippen molar-refractivity contribution in [1.29, 1.82) is 0 Å². The van der Waals surface area contributed by atoms with Gasteiger partial charge < -0.3 is 14.8 Å². The number of carbonyl (C=O) groups is 1. The van der Waals surface area contributed by atoms with Gasteiger partial charge in [0.25, 0.3) is 5.56 Å². The van der Waals surface area contributed by atoms with Crippen LogP contribution in [0.1, 0.15) is 0 Å². The number of rotatable bonds is 4. The van der Waals surface area contributed by atoms with E-state index in [-0.39, 0.29) is 24.8 Å². The van der Waals surface area contributed by atoms with Crippen molar-refractivity contribution in [3.05, 3.63) is 70.6 Å². The number of ether oxygens (including phenoxy) is 2. The molecule has 2 aromatic heterocycles. The van der Waals surface area contributed by atoms with E-state index in [1.54, 1.807) is 18.2 Å². The molecular weight excluding hydrogens is 390 g/mol. The molecular formula is C21H15N3O4S. The molecule has 0 radical (unpaired) electrons. The van der Waals surface area contributed by atoms with Gasteiger partial charge in [0, 0.05) is 22.7 Å². The molecule has 1 amide bonds. The van der Waals surface area contributed by atoms with E-state index in [2.05, 4.69) is 10.3 Å². The second kappa shape index (κ2) is 7.06. The van der Waals surface area contributed by atoms with Crippen molar-refractivity contribution in [1.82, 2.24) is 9.55 Å². The number of benzene rings is 2. The van der Waals surface area contributed by atoms with Crippen LogP contribution in [0.25, 0.3) is 21.3 Å². The summed E-state index contributed by atoms with van der Waals surface area (Å²) in [4.78, 5) is 30.5. The van der Waals surface area contributed by atoms with Crippen LogP contribution in [0.3, 0.4) is 0 Å². The van der Waals surface area contributed by atoms with Crippen molar-refractivity contribution in [3.8, 4) is 22.6 Å². The van der Waals surface area contributed by atoms with Gasteiger partial charge in [-0.2, -0.15) is 0 Å². The zero-order valence-corrected chi connectivity index (χ0v) is 15.9. The third kappa shape index (κ3) is 3.23. The summed E-state index contributed by atoms with van der Waals surface area (Å²) in [6, 6.07) is 14.8. The fourth-order valence-electron chi connectivity index (χ4n) is 3.24. The van der Waals surface area contributed by atoms with Crippen LogP contribution in [0.2, 0.25) is 0 Å². The molecule has 0 saturated heterocycles. The molecule has 3 heterocycles. The molecule has 0 aliphatic carbocycles. The monoisotopic (exact) mass is 405 g/mol. The van der Waals surface area contributed by atoms with Gasteiger partial charge in [0.05, 0.1) is 11.7 Å². The van der Waals surface area contributed by atoms with Crippen molar-refractivity contribution in [2.24, 2.45) is 0 Å². The number of anilines is 1. The highest BCUT2D eigenvalue weighted by atomic mass is 32.1. The van der Waals surface area contributed by atoms with Gasteiger partial charge in [0.15, 0.2) is 11.5 Å². The van der Waals surface area contributed by atoms with Gasteiger partial charge in [-0.25, -0.2) is 4.98 Å². The van der Waals surface area contributed by atoms with Crippen molar-refractivity contribution < 1.29 is 14.3 Å². The third-order valence-electron chi connectivity index (χ3n) is 4.62. The Bertz CT molecular complexity index is 1280. The molecule has 0 fully saturated rings. The predicted molar refractivity (Wildman–Crippen MR) is 111 cm³/mol. The average molecular weight is 405 g/mol. The number of nitrogens with one attached hydrogen (secondary N) is 1. The lowest BCUT2D eigenvalue weighted by Crippen LogP contribution is -2.27. The summed E-state index contributed by atoms with van der Waals surface area (Å²) in [6.07, 6.45) is 1.41. The molecule has 8 heteroatoms. The number of thiophene rings is 1. The van der Waals surface area contributed by atoms with Gasteiger partial charge in [0.1, 0.15) is 11.4 Å². The van der Waals surface area contributed by atoms with Crippen LogP contribution in [-0.2, 0) is 11.3 Å². The summed E-state index contributed by atoms with van der Waals surface area (Å²) < 4.78 is 11.9. The standard InChI is InChI=1S/C21H15N3O4S/c25-18(23-14-6-7-16-17(8-14)28-12-27-16)9-24-11-22-20-19(21(24)26)15(10-29-20)13-4-2-1-3-5-13/h1-8,10-11H,9,12H2,(H,23,25). The Morgan fingerprint density at radius 1 is 1.14 bits per heavy atom. The molecule has 0 spiro atoms. The number of aromatic nitrogens is 2. The first-order valence-electron chi connectivity index (χ1n) is 8.90. The zero-order valence-electron chi connectivity index (χ0n) is 15.1. The molecule has 1 aliphatic heterocycles. The van der Waals surface area contributed by atoms with Gasteiger partial charge in [-0.15, -0.1) is 11.3 Å². The van der Waals surface area contributed by atoms with Crippen molar-refractivity contribution >= 4 is 33.1 Å². The Morgan fingerprint density at radius 2 is 1.97 bits per heavy atom. The topological polar surface area (TPSA) is 82.5 Å². The molecule has 5 rings (SSSR count). The highest BCUT2D eigenvalue weighted by Crippen LogP contribution is 2.34. The molecule has 1 N–H and O–H groups in total. The van der Waals surface area contributed by atoms with E-state index in [9.17, 15) is 9.59 Å². The van der Waals surface area contributed by atoms with Gasteiger partial charge >= 0.3 is 0 Å². The summed E-state index contributed by atoms with van der Waals surface area (Å²) in [6.45, 7) is 0.0263.